The van der Waals surface area contributed by atoms with E-state index in [1.54, 1.807) is 12.1 Å². The monoisotopic (exact) mass is 347 g/mol. The van der Waals surface area contributed by atoms with Crippen molar-refractivity contribution in [3.8, 4) is 0 Å². The van der Waals surface area contributed by atoms with E-state index in [0.29, 0.717) is 4.47 Å². The second kappa shape index (κ2) is 5.98. The molecule has 0 radical (unpaired) electrons. The number of halogens is 2. The first-order valence-electron chi connectivity index (χ1n) is 7.03. The number of hydrogen-bond donors (Lipinski definition) is 1. The fraction of sp³-hybridized carbons (Fsp3) is 0.235. The minimum Gasteiger partial charge on any atom is -0.322 e. The van der Waals surface area contributed by atoms with Crippen molar-refractivity contribution in [3.05, 3.63) is 63.4 Å². The average molecular weight is 348 g/mol. The maximum absolute atomic E-state index is 14.0. The first-order chi connectivity index (χ1) is 10.2. The van der Waals surface area contributed by atoms with Gasteiger partial charge in [0, 0.05) is 5.69 Å². The molecule has 2 aromatic rings. The molecule has 0 spiro atoms. The highest BCUT2D eigenvalue weighted by atomic mass is 79.9. The number of nitrogens with one attached hydrogen (secondary N) is 1. The normalized spacial score (nSPS) is 13.6. The summed E-state index contributed by atoms with van der Waals surface area (Å²) in [6.07, 6.45) is 4.33. The van der Waals surface area contributed by atoms with E-state index >= 15 is 0 Å². The van der Waals surface area contributed by atoms with Crippen LogP contribution in [0.1, 0.15) is 34.3 Å². The van der Waals surface area contributed by atoms with Crippen LogP contribution < -0.4 is 5.32 Å². The van der Waals surface area contributed by atoms with Crippen molar-refractivity contribution in [2.24, 2.45) is 0 Å². The fourth-order valence-electron chi connectivity index (χ4n) is 2.77. The second-order valence-corrected chi connectivity index (χ2v) is 6.06. The number of aryl methyl sites for hydroxylation is 1. The molecule has 0 fully saturated rings. The Labute approximate surface area is 131 Å². The van der Waals surface area contributed by atoms with Crippen LogP contribution in [0.4, 0.5) is 10.1 Å². The summed E-state index contributed by atoms with van der Waals surface area (Å²) in [5.74, 6) is -0.937. The van der Waals surface area contributed by atoms with Gasteiger partial charge in [0.2, 0.25) is 0 Å². The van der Waals surface area contributed by atoms with E-state index in [0.717, 1.165) is 24.9 Å². The smallest absolute Gasteiger partial charge is 0.258 e. The average Bonchev–Trinajstić information content (AvgIpc) is 2.50. The minimum absolute atomic E-state index is 0.0535. The number of hydrogen-bond acceptors (Lipinski definition) is 1. The zero-order valence-corrected chi connectivity index (χ0v) is 13.0. The lowest BCUT2D eigenvalue weighted by molar-refractivity contribution is 0.102. The van der Waals surface area contributed by atoms with Gasteiger partial charge in [-0.05, 0) is 70.9 Å². The van der Waals surface area contributed by atoms with Crippen LogP contribution in [0.5, 0.6) is 0 Å². The SMILES string of the molecule is O=C(Nc1cccc2c1CCCC2)c1cccc(Br)c1F. The highest BCUT2D eigenvalue weighted by Crippen LogP contribution is 2.28. The molecule has 1 N–H and O–H groups in total. The van der Waals surface area contributed by atoms with Crippen molar-refractivity contribution in [2.75, 3.05) is 5.32 Å². The number of benzene rings is 2. The van der Waals surface area contributed by atoms with E-state index in [-0.39, 0.29) is 5.56 Å². The largest absolute Gasteiger partial charge is 0.322 e. The van der Waals surface area contributed by atoms with Crippen LogP contribution in [0.25, 0.3) is 0 Å². The summed E-state index contributed by atoms with van der Waals surface area (Å²) in [5.41, 5.74) is 3.33. The Morgan fingerprint density at radius 2 is 1.86 bits per heavy atom. The standard InChI is InChI=1S/C17H15BrFNO/c18-14-9-4-8-13(16(14)19)17(21)20-15-10-3-6-11-5-1-2-7-12(11)15/h3-4,6,8-10H,1-2,5,7H2,(H,20,21). The summed E-state index contributed by atoms with van der Waals surface area (Å²) in [6.45, 7) is 0. The molecular formula is C17H15BrFNO. The summed E-state index contributed by atoms with van der Waals surface area (Å²) in [6, 6.07) is 10.7. The molecule has 1 aliphatic rings. The Bertz CT molecular complexity index is 699. The summed E-state index contributed by atoms with van der Waals surface area (Å²) in [7, 11) is 0. The molecule has 2 aromatic carbocycles. The van der Waals surface area contributed by atoms with Gasteiger partial charge in [-0.15, -0.1) is 0 Å². The third-order valence-electron chi connectivity index (χ3n) is 3.84. The number of anilines is 1. The second-order valence-electron chi connectivity index (χ2n) is 5.21. The molecular weight excluding hydrogens is 333 g/mol. The first-order valence-corrected chi connectivity index (χ1v) is 7.82. The highest BCUT2D eigenvalue weighted by Gasteiger charge is 2.17. The molecule has 1 amide bonds. The van der Waals surface area contributed by atoms with Crippen LogP contribution in [0.2, 0.25) is 0 Å². The Morgan fingerprint density at radius 3 is 2.71 bits per heavy atom. The molecule has 21 heavy (non-hydrogen) atoms. The lowest BCUT2D eigenvalue weighted by Crippen LogP contribution is -2.16. The zero-order chi connectivity index (χ0) is 14.8. The molecule has 0 aliphatic heterocycles. The molecule has 0 atom stereocenters. The number of rotatable bonds is 2. The number of carbonyl (C=O) groups excluding carboxylic acids is 1. The molecule has 0 saturated heterocycles. The molecule has 0 saturated carbocycles. The van der Waals surface area contributed by atoms with Crippen molar-refractivity contribution in [2.45, 2.75) is 25.7 Å². The topological polar surface area (TPSA) is 29.1 Å². The van der Waals surface area contributed by atoms with E-state index in [1.807, 2.05) is 12.1 Å². The summed E-state index contributed by atoms with van der Waals surface area (Å²) in [5, 5.41) is 2.85. The number of amides is 1. The Kier molecular flexibility index (Phi) is 4.06. The summed E-state index contributed by atoms with van der Waals surface area (Å²) in [4.78, 5) is 12.3. The van der Waals surface area contributed by atoms with Gasteiger partial charge in [0.15, 0.2) is 0 Å². The van der Waals surface area contributed by atoms with Gasteiger partial charge in [-0.2, -0.15) is 0 Å². The predicted molar refractivity (Wildman–Crippen MR) is 85.1 cm³/mol. The lowest BCUT2D eigenvalue weighted by atomic mass is 9.90. The van der Waals surface area contributed by atoms with Gasteiger partial charge in [0.05, 0.1) is 10.0 Å². The van der Waals surface area contributed by atoms with Crippen LogP contribution in [-0.4, -0.2) is 5.91 Å². The molecule has 108 valence electrons. The fourth-order valence-corrected chi connectivity index (χ4v) is 3.13. The maximum Gasteiger partial charge on any atom is 0.258 e. The molecule has 0 heterocycles. The Balaban J connectivity index is 1.90. The molecule has 2 nitrogen and oxygen atoms in total. The van der Waals surface area contributed by atoms with Crippen molar-refractivity contribution in [1.29, 1.82) is 0 Å². The Hall–Kier alpha value is -1.68. The van der Waals surface area contributed by atoms with Gasteiger partial charge in [-0.3, -0.25) is 4.79 Å². The van der Waals surface area contributed by atoms with Crippen LogP contribution in [0.15, 0.2) is 40.9 Å². The molecule has 3 rings (SSSR count). The molecule has 4 heteroatoms. The van der Waals surface area contributed by atoms with Gasteiger partial charge < -0.3 is 5.32 Å². The lowest BCUT2D eigenvalue weighted by Gasteiger charge is -2.19. The van der Waals surface area contributed by atoms with Gasteiger partial charge in [0.25, 0.3) is 5.91 Å². The van der Waals surface area contributed by atoms with E-state index in [9.17, 15) is 9.18 Å². The zero-order valence-electron chi connectivity index (χ0n) is 11.5. The third kappa shape index (κ3) is 2.86. The van der Waals surface area contributed by atoms with Crippen LogP contribution in [0, 0.1) is 5.82 Å². The van der Waals surface area contributed by atoms with Crippen LogP contribution in [0.3, 0.4) is 0 Å². The van der Waals surface area contributed by atoms with Gasteiger partial charge in [-0.1, -0.05) is 18.2 Å². The van der Waals surface area contributed by atoms with Crippen LogP contribution >= 0.6 is 15.9 Å². The molecule has 0 aromatic heterocycles. The molecule has 1 aliphatic carbocycles. The van der Waals surface area contributed by atoms with Gasteiger partial charge in [0.1, 0.15) is 5.82 Å². The molecule has 0 bridgehead atoms. The number of fused-ring (bicyclic) bond motifs is 1. The van der Waals surface area contributed by atoms with E-state index in [1.165, 1.54) is 23.6 Å². The first kappa shape index (κ1) is 14.3. The van der Waals surface area contributed by atoms with Crippen LogP contribution in [-0.2, 0) is 12.8 Å². The van der Waals surface area contributed by atoms with Crippen molar-refractivity contribution in [1.82, 2.24) is 0 Å². The Morgan fingerprint density at radius 1 is 1.10 bits per heavy atom. The van der Waals surface area contributed by atoms with E-state index < -0.39 is 11.7 Å². The number of carbonyl (C=O) groups is 1. The van der Waals surface area contributed by atoms with Crippen molar-refractivity contribution in [3.63, 3.8) is 0 Å². The minimum atomic E-state index is -0.528. The summed E-state index contributed by atoms with van der Waals surface area (Å²) >= 11 is 3.10. The highest BCUT2D eigenvalue weighted by molar-refractivity contribution is 9.10. The van der Waals surface area contributed by atoms with Crippen molar-refractivity contribution >= 4 is 27.5 Å². The maximum atomic E-state index is 14.0. The molecule has 0 unspecified atom stereocenters. The predicted octanol–water partition coefficient (Wildman–Crippen LogP) is 4.72. The van der Waals surface area contributed by atoms with Gasteiger partial charge in [-0.25, -0.2) is 4.39 Å². The summed E-state index contributed by atoms with van der Waals surface area (Å²) < 4.78 is 14.3. The van der Waals surface area contributed by atoms with Crippen molar-refractivity contribution < 1.29 is 9.18 Å². The van der Waals surface area contributed by atoms with Gasteiger partial charge >= 0.3 is 0 Å². The quantitative estimate of drug-likeness (QED) is 0.836. The van der Waals surface area contributed by atoms with E-state index in [4.69, 9.17) is 0 Å². The third-order valence-corrected chi connectivity index (χ3v) is 4.45. The van der Waals surface area contributed by atoms with E-state index in [2.05, 4.69) is 27.3 Å².